The van der Waals surface area contributed by atoms with Gasteiger partial charge >= 0.3 is 0 Å². The number of H-pyrrole nitrogens is 1. The Morgan fingerprint density at radius 1 is 1.20 bits per heavy atom. The summed E-state index contributed by atoms with van der Waals surface area (Å²) < 4.78 is 6.95. The largest absolute Gasteiger partial charge is 0.497 e. The number of hydrogen-bond acceptors (Lipinski definition) is 5. The first-order valence-electron chi connectivity index (χ1n) is 7.65. The molecule has 25 heavy (non-hydrogen) atoms. The lowest BCUT2D eigenvalue weighted by molar-refractivity contribution is -0.115. The molecule has 0 fully saturated rings. The SMILES string of the molecule is COc1ccc2c(c1)nc1nc(N(C(C)=O)c3ccc(N)cc3)[nH]n12. The number of carbonyl (C=O) groups excluding carboxylic acids is 1. The Morgan fingerprint density at radius 2 is 1.96 bits per heavy atom. The van der Waals surface area contributed by atoms with Gasteiger partial charge in [-0.1, -0.05) is 0 Å². The standard InChI is InChI=1S/C17H16N6O2/c1-10(24)22(12-5-3-11(18)4-6-12)17-20-16-19-14-9-13(25-2)7-8-15(14)23(16)21-17/h3-9H,18H2,1-2H3,(H,19,20,21). The van der Waals surface area contributed by atoms with Gasteiger partial charge in [-0.15, -0.1) is 0 Å². The van der Waals surface area contributed by atoms with Crippen LogP contribution in [0.3, 0.4) is 0 Å². The quantitative estimate of drug-likeness (QED) is 0.560. The fourth-order valence-corrected chi connectivity index (χ4v) is 2.76. The number of benzene rings is 2. The van der Waals surface area contributed by atoms with Gasteiger partial charge < -0.3 is 10.5 Å². The molecule has 0 unspecified atom stereocenters. The molecular weight excluding hydrogens is 320 g/mol. The molecule has 2 aromatic heterocycles. The Balaban J connectivity index is 1.84. The number of nitrogens with one attached hydrogen (secondary N) is 1. The van der Waals surface area contributed by atoms with Crippen molar-refractivity contribution in [2.45, 2.75) is 6.92 Å². The van der Waals surface area contributed by atoms with Gasteiger partial charge in [0.25, 0.3) is 5.78 Å². The predicted molar refractivity (Wildman–Crippen MR) is 95.1 cm³/mol. The maximum absolute atomic E-state index is 12.2. The number of fused-ring (bicyclic) bond motifs is 3. The zero-order chi connectivity index (χ0) is 17.6. The van der Waals surface area contributed by atoms with Gasteiger partial charge in [-0.3, -0.25) is 9.89 Å². The number of anilines is 3. The van der Waals surface area contributed by atoms with Crippen LogP contribution < -0.4 is 15.4 Å². The third-order valence-corrected chi connectivity index (χ3v) is 3.94. The predicted octanol–water partition coefficient (Wildman–Crippen LogP) is 2.49. The van der Waals surface area contributed by atoms with Gasteiger partial charge in [0.2, 0.25) is 11.9 Å². The number of rotatable bonds is 3. The maximum atomic E-state index is 12.2. The maximum Gasteiger partial charge on any atom is 0.253 e. The van der Waals surface area contributed by atoms with Gasteiger partial charge in [0.15, 0.2) is 0 Å². The summed E-state index contributed by atoms with van der Waals surface area (Å²) in [6, 6.07) is 12.6. The molecule has 0 radical (unpaired) electrons. The second-order valence-corrected chi connectivity index (χ2v) is 5.60. The number of aromatic nitrogens is 4. The van der Waals surface area contributed by atoms with Gasteiger partial charge in [-0.05, 0) is 36.4 Å². The summed E-state index contributed by atoms with van der Waals surface area (Å²) in [5, 5.41) is 3.13. The molecule has 0 saturated carbocycles. The van der Waals surface area contributed by atoms with E-state index in [1.807, 2.05) is 18.2 Å². The molecule has 2 aromatic carbocycles. The minimum Gasteiger partial charge on any atom is -0.497 e. The molecular formula is C17H16N6O2. The van der Waals surface area contributed by atoms with Crippen LogP contribution >= 0.6 is 0 Å². The summed E-state index contributed by atoms with van der Waals surface area (Å²) in [4.78, 5) is 22.6. The third kappa shape index (κ3) is 2.44. The normalized spacial score (nSPS) is 11.1. The van der Waals surface area contributed by atoms with Crippen molar-refractivity contribution in [3.05, 3.63) is 42.5 Å². The average molecular weight is 336 g/mol. The summed E-state index contributed by atoms with van der Waals surface area (Å²) >= 11 is 0. The molecule has 1 amide bonds. The zero-order valence-corrected chi connectivity index (χ0v) is 13.7. The lowest BCUT2D eigenvalue weighted by atomic mass is 10.2. The molecule has 126 valence electrons. The lowest BCUT2D eigenvalue weighted by Gasteiger charge is -2.17. The number of nitrogens with two attached hydrogens (primary N) is 1. The Hall–Kier alpha value is -3.55. The van der Waals surface area contributed by atoms with Gasteiger partial charge in [0.1, 0.15) is 5.75 Å². The second-order valence-electron chi connectivity index (χ2n) is 5.60. The highest BCUT2D eigenvalue weighted by molar-refractivity contribution is 5.97. The van der Waals surface area contributed by atoms with Crippen molar-refractivity contribution in [1.29, 1.82) is 0 Å². The van der Waals surface area contributed by atoms with Crippen molar-refractivity contribution in [2.75, 3.05) is 17.7 Å². The molecule has 0 aliphatic carbocycles. The lowest BCUT2D eigenvalue weighted by Crippen LogP contribution is -2.24. The smallest absolute Gasteiger partial charge is 0.253 e. The molecule has 0 atom stereocenters. The van der Waals surface area contributed by atoms with E-state index in [1.165, 1.54) is 11.8 Å². The van der Waals surface area contributed by atoms with Crippen LogP contribution in [0, 0.1) is 0 Å². The molecule has 2 heterocycles. The number of hydrogen-bond donors (Lipinski definition) is 2. The molecule has 0 bridgehead atoms. The van der Waals surface area contributed by atoms with Crippen LogP contribution in [-0.2, 0) is 4.79 Å². The van der Waals surface area contributed by atoms with Crippen LogP contribution in [0.5, 0.6) is 5.75 Å². The van der Waals surface area contributed by atoms with Crippen molar-refractivity contribution >= 4 is 40.0 Å². The minimum atomic E-state index is -0.173. The van der Waals surface area contributed by atoms with Crippen LogP contribution in [0.1, 0.15) is 6.92 Å². The molecule has 0 saturated heterocycles. The van der Waals surface area contributed by atoms with Crippen LogP contribution in [0.2, 0.25) is 0 Å². The van der Waals surface area contributed by atoms with Gasteiger partial charge in [-0.25, -0.2) is 14.4 Å². The number of aromatic amines is 1. The van der Waals surface area contributed by atoms with Crippen molar-refractivity contribution in [2.24, 2.45) is 0 Å². The second kappa shape index (κ2) is 5.52. The molecule has 0 aliphatic heterocycles. The molecule has 0 spiro atoms. The number of imidazole rings is 1. The summed E-state index contributed by atoms with van der Waals surface area (Å²) in [5.41, 5.74) is 8.62. The van der Waals surface area contributed by atoms with E-state index in [-0.39, 0.29) is 5.91 Å². The van der Waals surface area contributed by atoms with Crippen LogP contribution in [-0.4, -0.2) is 32.6 Å². The van der Waals surface area contributed by atoms with Gasteiger partial charge in [0, 0.05) is 18.7 Å². The first-order valence-corrected chi connectivity index (χ1v) is 7.65. The molecule has 8 nitrogen and oxygen atoms in total. The number of nitrogens with zero attached hydrogens (tertiary/aromatic N) is 4. The number of carbonyl (C=O) groups is 1. The summed E-state index contributed by atoms with van der Waals surface area (Å²) in [5.74, 6) is 1.41. The van der Waals surface area contributed by atoms with E-state index in [0.717, 1.165) is 16.8 Å². The average Bonchev–Trinajstić information content (AvgIpc) is 3.13. The molecule has 0 aliphatic rings. The minimum absolute atomic E-state index is 0.173. The van der Waals surface area contributed by atoms with E-state index in [4.69, 9.17) is 10.5 Å². The highest BCUT2D eigenvalue weighted by Crippen LogP contribution is 2.26. The van der Waals surface area contributed by atoms with Crippen molar-refractivity contribution in [3.63, 3.8) is 0 Å². The molecule has 8 heteroatoms. The van der Waals surface area contributed by atoms with Gasteiger partial charge in [0.05, 0.1) is 23.8 Å². The molecule has 4 rings (SSSR count). The van der Waals surface area contributed by atoms with E-state index in [1.54, 1.807) is 35.9 Å². The molecule has 4 aromatic rings. The summed E-state index contributed by atoms with van der Waals surface area (Å²) in [7, 11) is 1.61. The third-order valence-electron chi connectivity index (χ3n) is 3.94. The summed E-state index contributed by atoms with van der Waals surface area (Å²) in [6.45, 7) is 1.48. The van der Waals surface area contributed by atoms with Crippen molar-refractivity contribution < 1.29 is 9.53 Å². The van der Waals surface area contributed by atoms with E-state index in [0.29, 0.717) is 23.1 Å². The zero-order valence-electron chi connectivity index (χ0n) is 13.7. The first-order chi connectivity index (χ1) is 12.1. The highest BCUT2D eigenvalue weighted by atomic mass is 16.5. The van der Waals surface area contributed by atoms with E-state index in [2.05, 4.69) is 15.1 Å². The van der Waals surface area contributed by atoms with E-state index < -0.39 is 0 Å². The number of amides is 1. The topological polar surface area (TPSA) is 102 Å². The van der Waals surface area contributed by atoms with Gasteiger partial charge in [-0.2, -0.15) is 4.98 Å². The van der Waals surface area contributed by atoms with Crippen LogP contribution in [0.25, 0.3) is 16.8 Å². The molecule has 3 N–H and O–H groups in total. The number of methoxy groups -OCH3 is 1. The van der Waals surface area contributed by atoms with Crippen LogP contribution in [0.15, 0.2) is 42.5 Å². The fourth-order valence-electron chi connectivity index (χ4n) is 2.76. The highest BCUT2D eigenvalue weighted by Gasteiger charge is 2.20. The fraction of sp³-hybridized carbons (Fsp3) is 0.118. The number of nitrogen functional groups attached to an aromatic ring is 1. The first kappa shape index (κ1) is 15.0. The van der Waals surface area contributed by atoms with E-state index >= 15 is 0 Å². The van der Waals surface area contributed by atoms with Crippen molar-refractivity contribution in [1.82, 2.24) is 19.6 Å². The Morgan fingerprint density at radius 3 is 2.64 bits per heavy atom. The van der Waals surface area contributed by atoms with Crippen LogP contribution in [0.4, 0.5) is 17.3 Å². The van der Waals surface area contributed by atoms with Crippen molar-refractivity contribution in [3.8, 4) is 5.75 Å². The monoisotopic (exact) mass is 336 g/mol. The Bertz CT molecular complexity index is 1080. The summed E-state index contributed by atoms with van der Waals surface area (Å²) in [6.07, 6.45) is 0. The Kier molecular flexibility index (Phi) is 3.31. The number of ether oxygens (including phenoxy) is 1. The Labute approximate surface area is 142 Å². The van der Waals surface area contributed by atoms with E-state index in [9.17, 15) is 4.79 Å².